The highest BCUT2D eigenvalue weighted by Gasteiger charge is 2.09. The summed E-state index contributed by atoms with van der Waals surface area (Å²) in [4.78, 5) is 22.7. The molecule has 0 saturated heterocycles. The average Bonchev–Trinajstić information content (AvgIpc) is 2.27. The second kappa shape index (κ2) is 6.33. The Bertz CT molecular complexity index is 370. The minimum Gasteiger partial charge on any atom is -0.465 e. The predicted molar refractivity (Wildman–Crippen MR) is 64.6 cm³/mol. The lowest BCUT2D eigenvalue weighted by atomic mass is 10.2. The summed E-state index contributed by atoms with van der Waals surface area (Å²) >= 11 is 0.970. The van der Waals surface area contributed by atoms with Crippen LogP contribution < -0.4 is 0 Å². The smallest absolute Gasteiger partial charge is 0.316 e. The third-order valence-corrected chi connectivity index (χ3v) is 2.79. The van der Waals surface area contributed by atoms with E-state index >= 15 is 0 Å². The van der Waals surface area contributed by atoms with Crippen molar-refractivity contribution in [3.8, 4) is 0 Å². The third kappa shape index (κ3) is 4.06. The van der Waals surface area contributed by atoms with Crippen molar-refractivity contribution < 1.29 is 14.3 Å². The number of benzene rings is 1. The molecule has 0 radical (unpaired) electrons. The van der Waals surface area contributed by atoms with Gasteiger partial charge >= 0.3 is 5.97 Å². The summed E-state index contributed by atoms with van der Waals surface area (Å²) in [5.74, 6) is -0.284. The molecule has 16 heavy (non-hydrogen) atoms. The van der Waals surface area contributed by atoms with Gasteiger partial charge in [0, 0.05) is 5.56 Å². The number of esters is 1. The van der Waals surface area contributed by atoms with E-state index in [0.29, 0.717) is 12.2 Å². The summed E-state index contributed by atoms with van der Waals surface area (Å²) in [5, 5.41) is -0.104. The molecule has 0 unspecified atom stereocenters. The molecule has 1 aromatic rings. The number of ether oxygens (including phenoxy) is 1. The molecule has 4 heteroatoms. The molecule has 0 heterocycles. The minimum atomic E-state index is -0.354. The van der Waals surface area contributed by atoms with Crippen LogP contribution in [0.1, 0.15) is 22.8 Å². The Labute approximate surface area is 99.2 Å². The molecular weight excluding hydrogens is 224 g/mol. The van der Waals surface area contributed by atoms with E-state index in [0.717, 1.165) is 17.3 Å². The highest BCUT2D eigenvalue weighted by molar-refractivity contribution is 8.14. The fraction of sp³-hybridized carbons (Fsp3) is 0.333. The van der Waals surface area contributed by atoms with Crippen molar-refractivity contribution >= 4 is 22.8 Å². The molecule has 0 fully saturated rings. The molecule has 0 saturated carbocycles. The molecule has 3 nitrogen and oxygen atoms in total. The molecule has 0 bridgehead atoms. The van der Waals surface area contributed by atoms with Crippen molar-refractivity contribution in [2.45, 2.75) is 13.8 Å². The fourth-order valence-corrected chi connectivity index (χ4v) is 1.74. The molecule has 0 amide bonds. The van der Waals surface area contributed by atoms with Crippen LogP contribution in [0.3, 0.4) is 0 Å². The zero-order valence-electron chi connectivity index (χ0n) is 9.36. The van der Waals surface area contributed by atoms with E-state index in [2.05, 4.69) is 0 Å². The molecule has 0 aromatic heterocycles. The normalized spacial score (nSPS) is 9.88. The van der Waals surface area contributed by atoms with Gasteiger partial charge in [-0.25, -0.2) is 0 Å². The van der Waals surface area contributed by atoms with Crippen LogP contribution in [-0.4, -0.2) is 23.4 Å². The molecule has 0 aliphatic heterocycles. The number of carbonyl (C=O) groups excluding carboxylic acids is 2. The van der Waals surface area contributed by atoms with Crippen molar-refractivity contribution in [3.05, 3.63) is 35.4 Å². The van der Waals surface area contributed by atoms with Crippen LogP contribution in [0, 0.1) is 6.92 Å². The van der Waals surface area contributed by atoms with E-state index in [1.807, 2.05) is 19.1 Å². The average molecular weight is 238 g/mol. The van der Waals surface area contributed by atoms with Gasteiger partial charge in [-0.05, 0) is 13.8 Å². The fourth-order valence-electron chi connectivity index (χ4n) is 1.10. The molecular formula is C12H14O3S. The SMILES string of the molecule is CCOC(=O)CSC(=O)c1ccc(C)cc1. The first-order chi connectivity index (χ1) is 7.63. The second-order valence-corrected chi connectivity index (χ2v) is 4.20. The lowest BCUT2D eigenvalue weighted by Gasteiger charge is -2.01. The Balaban J connectivity index is 2.47. The van der Waals surface area contributed by atoms with Crippen molar-refractivity contribution in [2.75, 3.05) is 12.4 Å². The minimum absolute atomic E-state index is 0.0700. The molecule has 86 valence electrons. The highest BCUT2D eigenvalue weighted by Crippen LogP contribution is 2.13. The summed E-state index contributed by atoms with van der Waals surface area (Å²) < 4.78 is 4.74. The topological polar surface area (TPSA) is 43.4 Å². The number of hydrogen-bond donors (Lipinski definition) is 0. The summed E-state index contributed by atoms with van der Waals surface area (Å²) in [6.45, 7) is 4.04. The summed E-state index contributed by atoms with van der Waals surface area (Å²) in [7, 11) is 0. The van der Waals surface area contributed by atoms with Crippen LogP contribution in [0.5, 0.6) is 0 Å². The van der Waals surface area contributed by atoms with Crippen LogP contribution in [0.2, 0.25) is 0 Å². The van der Waals surface area contributed by atoms with E-state index in [9.17, 15) is 9.59 Å². The first kappa shape index (κ1) is 12.8. The van der Waals surface area contributed by atoms with Gasteiger partial charge in [0.1, 0.15) is 0 Å². The van der Waals surface area contributed by atoms with Gasteiger partial charge in [0.25, 0.3) is 0 Å². The molecule has 0 spiro atoms. The van der Waals surface area contributed by atoms with Gasteiger partial charge in [-0.15, -0.1) is 0 Å². The maximum atomic E-state index is 11.6. The second-order valence-electron chi connectivity index (χ2n) is 3.25. The quantitative estimate of drug-likeness (QED) is 0.756. The van der Waals surface area contributed by atoms with Crippen molar-refractivity contribution in [1.29, 1.82) is 0 Å². The maximum absolute atomic E-state index is 11.6. The number of hydrogen-bond acceptors (Lipinski definition) is 4. The zero-order valence-corrected chi connectivity index (χ0v) is 10.2. The molecule has 0 atom stereocenters. The van der Waals surface area contributed by atoms with E-state index in [4.69, 9.17) is 4.74 Å². The largest absolute Gasteiger partial charge is 0.465 e. The summed E-state index contributed by atoms with van der Waals surface area (Å²) in [6, 6.07) is 7.27. The number of carbonyl (C=O) groups is 2. The Kier molecular flexibility index (Phi) is 5.05. The monoisotopic (exact) mass is 238 g/mol. The van der Waals surface area contributed by atoms with Gasteiger partial charge in [0.15, 0.2) is 0 Å². The first-order valence-corrected chi connectivity index (χ1v) is 6.01. The lowest BCUT2D eigenvalue weighted by molar-refractivity contribution is -0.139. The van der Waals surface area contributed by atoms with Gasteiger partial charge in [-0.1, -0.05) is 41.6 Å². The Morgan fingerprint density at radius 1 is 1.25 bits per heavy atom. The van der Waals surface area contributed by atoms with Crippen molar-refractivity contribution in [1.82, 2.24) is 0 Å². The Morgan fingerprint density at radius 2 is 1.88 bits per heavy atom. The van der Waals surface area contributed by atoms with E-state index < -0.39 is 0 Å². The van der Waals surface area contributed by atoms with Gasteiger partial charge in [0.2, 0.25) is 5.12 Å². The summed E-state index contributed by atoms with van der Waals surface area (Å²) in [5.41, 5.74) is 1.71. The predicted octanol–water partition coefficient (Wildman–Crippen LogP) is 2.43. The van der Waals surface area contributed by atoms with Crippen LogP contribution in [-0.2, 0) is 9.53 Å². The first-order valence-electron chi connectivity index (χ1n) is 5.03. The molecule has 1 aromatic carbocycles. The summed E-state index contributed by atoms with van der Waals surface area (Å²) in [6.07, 6.45) is 0. The number of thioether (sulfide) groups is 1. The van der Waals surface area contributed by atoms with Gasteiger partial charge in [-0.3, -0.25) is 9.59 Å². The molecule has 0 aliphatic rings. The molecule has 1 rings (SSSR count). The van der Waals surface area contributed by atoms with Gasteiger partial charge in [0.05, 0.1) is 12.4 Å². The van der Waals surface area contributed by atoms with Crippen LogP contribution >= 0.6 is 11.8 Å². The highest BCUT2D eigenvalue weighted by atomic mass is 32.2. The molecule has 0 N–H and O–H groups in total. The molecule has 0 aliphatic carbocycles. The lowest BCUT2D eigenvalue weighted by Crippen LogP contribution is -2.08. The van der Waals surface area contributed by atoms with Crippen LogP contribution in [0.15, 0.2) is 24.3 Å². The van der Waals surface area contributed by atoms with Crippen LogP contribution in [0.25, 0.3) is 0 Å². The van der Waals surface area contributed by atoms with Crippen molar-refractivity contribution in [2.24, 2.45) is 0 Å². The Hall–Kier alpha value is -1.29. The van der Waals surface area contributed by atoms with Gasteiger partial charge < -0.3 is 4.74 Å². The van der Waals surface area contributed by atoms with Crippen LogP contribution in [0.4, 0.5) is 0 Å². The zero-order chi connectivity index (χ0) is 12.0. The standard InChI is InChI=1S/C12H14O3S/c1-3-15-11(13)8-16-12(14)10-6-4-9(2)5-7-10/h4-7H,3,8H2,1-2H3. The maximum Gasteiger partial charge on any atom is 0.316 e. The third-order valence-electron chi connectivity index (χ3n) is 1.91. The van der Waals surface area contributed by atoms with E-state index in [1.54, 1.807) is 19.1 Å². The van der Waals surface area contributed by atoms with E-state index in [1.165, 1.54) is 0 Å². The number of aryl methyl sites for hydroxylation is 1. The Morgan fingerprint density at radius 3 is 2.44 bits per heavy atom. The van der Waals surface area contributed by atoms with Gasteiger partial charge in [-0.2, -0.15) is 0 Å². The number of rotatable bonds is 4. The van der Waals surface area contributed by atoms with E-state index in [-0.39, 0.29) is 16.8 Å². The van der Waals surface area contributed by atoms with Crippen molar-refractivity contribution in [3.63, 3.8) is 0 Å².